The maximum atomic E-state index is 13.4. The Labute approximate surface area is 211 Å². The van der Waals surface area contributed by atoms with Crippen molar-refractivity contribution in [3.63, 3.8) is 0 Å². The van der Waals surface area contributed by atoms with E-state index in [1.807, 2.05) is 0 Å². The molecular weight excluding hydrogens is 478 g/mol. The van der Waals surface area contributed by atoms with Crippen LogP contribution >= 0.6 is 0 Å². The summed E-state index contributed by atoms with van der Waals surface area (Å²) >= 11 is 0. The van der Waals surface area contributed by atoms with Crippen LogP contribution in [0.25, 0.3) is 5.82 Å². The van der Waals surface area contributed by atoms with Crippen LogP contribution in [0.4, 0.5) is 5.82 Å². The lowest BCUT2D eigenvalue weighted by atomic mass is 9.95. The molecule has 1 aromatic carbocycles. The van der Waals surface area contributed by atoms with Crippen molar-refractivity contribution in [2.24, 2.45) is 5.92 Å². The standard InChI is InChI=1S/C26H31N5O4S/c1-4-18-16-26(2,3)30(17-18)24-21(25(32)29-36(33,34)20-8-6-5-7-9-20)12-13-22(27-24)31-15-14-23(28-31)35-19-10-11-19/h5-9,12-15,18-19H,4,10-11,16-17H2,1-3H3,(H,29,32)/t18-/m0/s1. The molecule has 1 N–H and O–H groups in total. The molecule has 2 aromatic heterocycles. The first-order chi connectivity index (χ1) is 17.2. The normalized spacial score (nSPS) is 19.3. The van der Waals surface area contributed by atoms with Crippen LogP contribution in [0.15, 0.2) is 59.6 Å². The summed E-state index contributed by atoms with van der Waals surface area (Å²) < 4.78 is 35.3. The predicted octanol–water partition coefficient (Wildman–Crippen LogP) is 3.94. The van der Waals surface area contributed by atoms with E-state index in [0.717, 1.165) is 32.2 Å². The number of carbonyl (C=O) groups excluding carboxylic acids is 1. The molecule has 36 heavy (non-hydrogen) atoms. The summed E-state index contributed by atoms with van der Waals surface area (Å²) in [5.41, 5.74) is -0.0611. The number of amides is 1. The summed E-state index contributed by atoms with van der Waals surface area (Å²) in [6, 6.07) is 12.9. The Balaban J connectivity index is 1.51. The minimum atomic E-state index is -4.04. The van der Waals surface area contributed by atoms with E-state index in [9.17, 15) is 13.2 Å². The van der Waals surface area contributed by atoms with E-state index in [4.69, 9.17) is 9.72 Å². The smallest absolute Gasteiger partial charge is 0.268 e. The molecule has 5 rings (SSSR count). The third-order valence-corrected chi connectivity index (χ3v) is 8.14. The van der Waals surface area contributed by atoms with Gasteiger partial charge in [0.2, 0.25) is 5.88 Å². The highest BCUT2D eigenvalue weighted by molar-refractivity contribution is 7.90. The molecule has 2 fully saturated rings. The average Bonchev–Trinajstić information content (AvgIpc) is 3.44. The first-order valence-corrected chi connectivity index (χ1v) is 13.8. The molecule has 1 atom stereocenters. The van der Waals surface area contributed by atoms with Crippen LogP contribution in [-0.2, 0) is 10.0 Å². The fourth-order valence-electron chi connectivity index (χ4n) is 4.67. The van der Waals surface area contributed by atoms with Crippen molar-refractivity contribution in [3.05, 3.63) is 60.3 Å². The van der Waals surface area contributed by atoms with Crippen LogP contribution in [0.1, 0.15) is 56.8 Å². The zero-order valence-corrected chi connectivity index (χ0v) is 21.5. The van der Waals surface area contributed by atoms with E-state index in [2.05, 4.69) is 35.5 Å². The molecule has 1 aliphatic carbocycles. The second-order valence-electron chi connectivity index (χ2n) is 10.1. The van der Waals surface area contributed by atoms with Gasteiger partial charge in [0, 0.05) is 24.3 Å². The number of carbonyl (C=O) groups is 1. The van der Waals surface area contributed by atoms with Gasteiger partial charge in [-0.25, -0.2) is 22.8 Å². The fraction of sp³-hybridized carbons (Fsp3) is 0.423. The lowest BCUT2D eigenvalue weighted by Gasteiger charge is -2.34. The van der Waals surface area contributed by atoms with Crippen LogP contribution in [0.2, 0.25) is 0 Å². The number of aromatic nitrogens is 3. The quantitative estimate of drug-likeness (QED) is 0.490. The lowest BCUT2D eigenvalue weighted by molar-refractivity contribution is 0.0981. The third kappa shape index (κ3) is 4.95. The number of benzene rings is 1. The molecule has 1 saturated carbocycles. The van der Waals surface area contributed by atoms with Crippen molar-refractivity contribution in [2.45, 2.75) is 63.0 Å². The Bertz CT molecular complexity index is 1370. The third-order valence-electron chi connectivity index (χ3n) is 6.79. The minimum absolute atomic E-state index is 0.0248. The second kappa shape index (κ2) is 9.24. The second-order valence-corrected chi connectivity index (χ2v) is 11.8. The summed E-state index contributed by atoms with van der Waals surface area (Å²) in [7, 11) is -4.04. The number of hydrogen-bond acceptors (Lipinski definition) is 7. The summed E-state index contributed by atoms with van der Waals surface area (Å²) in [6.07, 6.45) is 6.02. The molecule has 0 unspecified atom stereocenters. The van der Waals surface area contributed by atoms with Gasteiger partial charge in [0.25, 0.3) is 15.9 Å². The fourth-order valence-corrected chi connectivity index (χ4v) is 5.66. The molecule has 190 valence electrons. The maximum absolute atomic E-state index is 13.4. The SMILES string of the molecule is CC[C@@H]1CN(c2nc(-n3ccc(OC4CC4)n3)ccc2C(=O)NS(=O)(=O)c2ccccc2)C(C)(C)C1. The Morgan fingerprint density at radius 3 is 2.56 bits per heavy atom. The van der Waals surface area contributed by atoms with Gasteiger partial charge in [-0.05, 0) is 63.3 Å². The molecule has 0 radical (unpaired) electrons. The number of nitrogens with one attached hydrogen (secondary N) is 1. The lowest BCUT2D eigenvalue weighted by Crippen LogP contribution is -2.41. The van der Waals surface area contributed by atoms with Crippen LogP contribution < -0.4 is 14.4 Å². The van der Waals surface area contributed by atoms with Gasteiger partial charge >= 0.3 is 0 Å². The van der Waals surface area contributed by atoms with Crippen molar-refractivity contribution in [1.29, 1.82) is 0 Å². The zero-order valence-electron chi connectivity index (χ0n) is 20.7. The van der Waals surface area contributed by atoms with Crippen LogP contribution in [0.5, 0.6) is 5.88 Å². The van der Waals surface area contributed by atoms with Gasteiger partial charge in [-0.1, -0.05) is 31.5 Å². The highest BCUT2D eigenvalue weighted by atomic mass is 32.2. The predicted molar refractivity (Wildman–Crippen MR) is 136 cm³/mol. The van der Waals surface area contributed by atoms with Crippen LogP contribution in [-0.4, -0.2) is 47.3 Å². The summed E-state index contributed by atoms with van der Waals surface area (Å²) in [5.74, 6) is 1.21. The van der Waals surface area contributed by atoms with Gasteiger partial charge in [-0.2, -0.15) is 0 Å². The highest BCUT2D eigenvalue weighted by Gasteiger charge is 2.40. The van der Waals surface area contributed by atoms with E-state index < -0.39 is 15.9 Å². The molecule has 0 bridgehead atoms. The van der Waals surface area contributed by atoms with Crippen molar-refractivity contribution >= 4 is 21.7 Å². The van der Waals surface area contributed by atoms with Gasteiger partial charge in [0.05, 0.1) is 10.5 Å². The van der Waals surface area contributed by atoms with Crippen molar-refractivity contribution in [2.75, 3.05) is 11.4 Å². The Kier molecular flexibility index (Phi) is 6.23. The minimum Gasteiger partial charge on any atom is -0.473 e. The molecule has 2 aliphatic rings. The Morgan fingerprint density at radius 2 is 1.89 bits per heavy atom. The molecule has 1 saturated heterocycles. The van der Waals surface area contributed by atoms with Gasteiger partial charge in [0.1, 0.15) is 11.9 Å². The van der Waals surface area contributed by atoms with Gasteiger partial charge < -0.3 is 9.64 Å². The summed E-state index contributed by atoms with van der Waals surface area (Å²) in [6.45, 7) is 7.11. The van der Waals surface area contributed by atoms with Gasteiger partial charge in [0.15, 0.2) is 5.82 Å². The monoisotopic (exact) mass is 509 g/mol. The molecule has 0 spiro atoms. The van der Waals surface area contributed by atoms with E-state index >= 15 is 0 Å². The number of ether oxygens (including phenoxy) is 1. The number of hydrogen-bond donors (Lipinski definition) is 1. The first kappa shape index (κ1) is 24.3. The number of anilines is 1. The number of nitrogens with zero attached hydrogens (tertiary/aromatic N) is 4. The summed E-state index contributed by atoms with van der Waals surface area (Å²) in [5, 5.41) is 4.49. The van der Waals surface area contributed by atoms with E-state index in [-0.39, 0.29) is 22.1 Å². The zero-order chi connectivity index (χ0) is 25.5. The van der Waals surface area contributed by atoms with Crippen molar-refractivity contribution in [1.82, 2.24) is 19.5 Å². The molecule has 1 amide bonds. The summed E-state index contributed by atoms with van der Waals surface area (Å²) in [4.78, 5) is 20.3. The largest absolute Gasteiger partial charge is 0.473 e. The van der Waals surface area contributed by atoms with Crippen LogP contribution in [0, 0.1) is 5.92 Å². The highest BCUT2D eigenvalue weighted by Crippen LogP contribution is 2.39. The van der Waals surface area contributed by atoms with E-state index in [1.54, 1.807) is 47.3 Å². The number of rotatable bonds is 8. The van der Waals surface area contributed by atoms with Gasteiger partial charge in [-0.3, -0.25) is 4.79 Å². The Morgan fingerprint density at radius 1 is 1.14 bits per heavy atom. The molecule has 3 aromatic rings. The van der Waals surface area contributed by atoms with Crippen molar-refractivity contribution < 1.29 is 17.9 Å². The average molecular weight is 510 g/mol. The van der Waals surface area contributed by atoms with E-state index in [1.165, 1.54) is 12.1 Å². The maximum Gasteiger partial charge on any atom is 0.268 e. The number of sulfonamides is 1. The molecular formula is C26H31N5O4S. The Hall–Kier alpha value is -3.40. The first-order valence-electron chi connectivity index (χ1n) is 12.3. The van der Waals surface area contributed by atoms with Crippen LogP contribution in [0.3, 0.4) is 0 Å². The molecule has 10 heteroatoms. The molecule has 9 nitrogen and oxygen atoms in total. The number of pyridine rings is 1. The topological polar surface area (TPSA) is 106 Å². The molecule has 3 heterocycles. The molecule has 1 aliphatic heterocycles. The van der Waals surface area contributed by atoms with Gasteiger partial charge in [-0.15, -0.1) is 5.10 Å². The van der Waals surface area contributed by atoms with E-state index in [0.29, 0.717) is 23.4 Å². The van der Waals surface area contributed by atoms with Crippen molar-refractivity contribution in [3.8, 4) is 11.7 Å².